The lowest BCUT2D eigenvalue weighted by atomic mass is 10.2. The number of nitrogens with zero attached hydrogens (tertiary/aromatic N) is 1. The van der Waals surface area contributed by atoms with Gasteiger partial charge in [0.15, 0.2) is 0 Å². The first kappa shape index (κ1) is 12.2. The number of nitrogens with one attached hydrogen (secondary N) is 3. The number of hydrogen-bond acceptors (Lipinski definition) is 3. The largest absolute Gasteiger partial charge is 0.329 e. The monoisotopic (exact) mass is 268 g/mol. The van der Waals surface area contributed by atoms with Crippen molar-refractivity contribution < 1.29 is 4.79 Å². The Morgan fingerprint density at radius 3 is 2.90 bits per heavy atom. The zero-order valence-electron chi connectivity index (χ0n) is 10.7. The third kappa shape index (κ3) is 2.31. The van der Waals surface area contributed by atoms with Crippen molar-refractivity contribution in [2.24, 2.45) is 0 Å². The van der Waals surface area contributed by atoms with Gasteiger partial charge in [-0.05, 0) is 30.7 Å². The molecular weight excluding hydrogens is 256 g/mol. The van der Waals surface area contributed by atoms with Gasteiger partial charge in [0.25, 0.3) is 5.91 Å². The maximum absolute atomic E-state index is 12.0. The number of carbonyl (C=O) groups is 1. The number of amides is 1. The molecule has 0 radical (unpaired) electrons. The van der Waals surface area contributed by atoms with Crippen molar-refractivity contribution in [3.63, 3.8) is 0 Å². The molecule has 6 nitrogen and oxygen atoms in total. The van der Waals surface area contributed by atoms with Crippen LogP contribution in [-0.4, -0.2) is 20.9 Å². The van der Waals surface area contributed by atoms with Crippen LogP contribution in [0.4, 0.5) is 5.95 Å². The van der Waals surface area contributed by atoms with E-state index in [9.17, 15) is 9.59 Å². The van der Waals surface area contributed by atoms with Crippen LogP contribution < -0.4 is 10.9 Å². The summed E-state index contributed by atoms with van der Waals surface area (Å²) in [5, 5.41) is 2.64. The summed E-state index contributed by atoms with van der Waals surface area (Å²) in [6, 6.07) is 8.55. The Bertz CT molecular complexity index is 848. The number of aryl methyl sites for hydroxylation is 1. The van der Waals surface area contributed by atoms with E-state index in [0.717, 1.165) is 16.6 Å². The molecule has 0 fully saturated rings. The molecule has 2 aromatic heterocycles. The topological polar surface area (TPSA) is 90.6 Å². The highest BCUT2D eigenvalue weighted by atomic mass is 16.2. The Morgan fingerprint density at radius 2 is 2.10 bits per heavy atom. The van der Waals surface area contributed by atoms with Crippen molar-refractivity contribution >= 4 is 22.9 Å². The van der Waals surface area contributed by atoms with Gasteiger partial charge >= 0.3 is 0 Å². The molecule has 0 aliphatic carbocycles. The number of aromatic nitrogens is 3. The molecule has 0 saturated carbocycles. The second kappa shape index (κ2) is 4.65. The van der Waals surface area contributed by atoms with E-state index in [1.807, 2.05) is 25.1 Å². The zero-order valence-corrected chi connectivity index (χ0v) is 10.7. The van der Waals surface area contributed by atoms with Crippen molar-refractivity contribution in [3.8, 4) is 0 Å². The number of aromatic amines is 2. The van der Waals surface area contributed by atoms with Crippen LogP contribution in [-0.2, 0) is 0 Å². The van der Waals surface area contributed by atoms with Crippen LogP contribution >= 0.6 is 0 Å². The summed E-state index contributed by atoms with van der Waals surface area (Å²) in [4.78, 5) is 32.9. The highest BCUT2D eigenvalue weighted by Crippen LogP contribution is 2.16. The molecule has 0 aliphatic heterocycles. The number of H-pyrrole nitrogens is 2. The van der Waals surface area contributed by atoms with E-state index >= 15 is 0 Å². The lowest BCUT2D eigenvalue weighted by Gasteiger charge is -2.00. The van der Waals surface area contributed by atoms with Crippen LogP contribution in [0.3, 0.4) is 0 Å². The zero-order chi connectivity index (χ0) is 14.1. The highest BCUT2D eigenvalue weighted by molar-refractivity contribution is 6.03. The van der Waals surface area contributed by atoms with Gasteiger partial charge in [-0.25, -0.2) is 4.98 Å². The number of imidazole rings is 1. The minimum Gasteiger partial charge on any atom is -0.329 e. The van der Waals surface area contributed by atoms with Crippen LogP contribution in [0, 0.1) is 6.92 Å². The molecule has 3 aromatic rings. The third-order valence-corrected chi connectivity index (χ3v) is 2.91. The van der Waals surface area contributed by atoms with Gasteiger partial charge in [0.2, 0.25) is 11.5 Å². The molecule has 0 unspecified atom stereocenters. The number of benzene rings is 1. The predicted molar refractivity (Wildman–Crippen MR) is 75.8 cm³/mol. The van der Waals surface area contributed by atoms with E-state index < -0.39 is 0 Å². The molecule has 3 rings (SSSR count). The highest BCUT2D eigenvalue weighted by Gasteiger charge is 2.09. The van der Waals surface area contributed by atoms with Gasteiger partial charge in [-0.15, -0.1) is 0 Å². The van der Waals surface area contributed by atoms with Crippen LogP contribution in [0.2, 0.25) is 0 Å². The Morgan fingerprint density at radius 1 is 1.25 bits per heavy atom. The first-order valence-electron chi connectivity index (χ1n) is 6.08. The lowest BCUT2D eigenvalue weighted by molar-refractivity contribution is 0.102. The lowest BCUT2D eigenvalue weighted by Crippen LogP contribution is -2.16. The SMILES string of the molecule is Cc1ccc2nc(NC(=O)c3cc[nH]c(=O)c3)[nH]c2c1. The van der Waals surface area contributed by atoms with Gasteiger partial charge < -0.3 is 9.97 Å². The number of carbonyl (C=O) groups excluding carboxylic acids is 1. The summed E-state index contributed by atoms with van der Waals surface area (Å²) in [6.07, 6.45) is 1.43. The molecule has 6 heteroatoms. The quantitative estimate of drug-likeness (QED) is 0.662. The molecular formula is C14H12N4O2. The normalized spacial score (nSPS) is 10.7. The van der Waals surface area contributed by atoms with Gasteiger partial charge in [0.1, 0.15) is 0 Å². The first-order valence-corrected chi connectivity index (χ1v) is 6.08. The predicted octanol–water partition coefficient (Wildman–Crippen LogP) is 1.81. The van der Waals surface area contributed by atoms with E-state index in [4.69, 9.17) is 0 Å². The molecule has 0 aliphatic rings. The fraction of sp³-hybridized carbons (Fsp3) is 0.0714. The molecule has 20 heavy (non-hydrogen) atoms. The Kier molecular flexibility index (Phi) is 2.83. The molecule has 1 amide bonds. The van der Waals surface area contributed by atoms with E-state index in [0.29, 0.717) is 5.95 Å². The van der Waals surface area contributed by atoms with E-state index in [1.54, 1.807) is 0 Å². The molecule has 0 saturated heterocycles. The van der Waals surface area contributed by atoms with Gasteiger partial charge in [-0.2, -0.15) is 0 Å². The average molecular weight is 268 g/mol. The molecule has 0 spiro atoms. The van der Waals surface area contributed by atoms with Crippen molar-refractivity contribution in [1.29, 1.82) is 0 Å². The smallest absolute Gasteiger partial charge is 0.258 e. The number of fused-ring (bicyclic) bond motifs is 1. The molecule has 3 N–H and O–H groups in total. The van der Waals surface area contributed by atoms with Gasteiger partial charge in [-0.1, -0.05) is 6.07 Å². The Hall–Kier alpha value is -2.89. The van der Waals surface area contributed by atoms with Crippen molar-refractivity contribution in [3.05, 3.63) is 58.0 Å². The maximum Gasteiger partial charge on any atom is 0.258 e. The van der Waals surface area contributed by atoms with Gasteiger partial charge in [0, 0.05) is 17.8 Å². The fourth-order valence-corrected chi connectivity index (χ4v) is 1.95. The third-order valence-electron chi connectivity index (χ3n) is 2.91. The minimum absolute atomic E-state index is 0.283. The summed E-state index contributed by atoms with van der Waals surface area (Å²) in [7, 11) is 0. The number of hydrogen-bond donors (Lipinski definition) is 3. The van der Waals surface area contributed by atoms with Crippen LogP contribution in [0.25, 0.3) is 11.0 Å². The fourth-order valence-electron chi connectivity index (χ4n) is 1.95. The molecule has 100 valence electrons. The summed E-state index contributed by atoms with van der Waals surface area (Å²) < 4.78 is 0. The Labute approximate surface area is 113 Å². The van der Waals surface area contributed by atoms with Crippen LogP contribution in [0.1, 0.15) is 15.9 Å². The molecule has 1 aromatic carbocycles. The average Bonchev–Trinajstić information content (AvgIpc) is 2.80. The second-order valence-corrected chi connectivity index (χ2v) is 4.50. The Balaban J connectivity index is 1.89. The number of rotatable bonds is 2. The van der Waals surface area contributed by atoms with E-state index in [-0.39, 0.29) is 17.0 Å². The van der Waals surface area contributed by atoms with Crippen LogP contribution in [0.5, 0.6) is 0 Å². The first-order chi connectivity index (χ1) is 9.61. The number of pyridine rings is 1. The summed E-state index contributed by atoms with van der Waals surface area (Å²) in [5.74, 6) is -0.0252. The van der Waals surface area contributed by atoms with Gasteiger partial charge in [-0.3, -0.25) is 14.9 Å². The molecule has 2 heterocycles. The van der Waals surface area contributed by atoms with Crippen molar-refractivity contribution in [2.45, 2.75) is 6.92 Å². The molecule has 0 bridgehead atoms. The van der Waals surface area contributed by atoms with Gasteiger partial charge in [0.05, 0.1) is 11.0 Å². The second-order valence-electron chi connectivity index (χ2n) is 4.50. The van der Waals surface area contributed by atoms with Crippen molar-refractivity contribution in [1.82, 2.24) is 15.0 Å². The summed E-state index contributed by atoms with van der Waals surface area (Å²) >= 11 is 0. The summed E-state index contributed by atoms with van der Waals surface area (Å²) in [5.41, 5.74) is 2.69. The molecule has 0 atom stereocenters. The maximum atomic E-state index is 12.0. The van der Waals surface area contributed by atoms with Crippen LogP contribution in [0.15, 0.2) is 41.3 Å². The van der Waals surface area contributed by atoms with E-state index in [2.05, 4.69) is 20.3 Å². The number of anilines is 1. The summed E-state index contributed by atoms with van der Waals surface area (Å²) in [6.45, 7) is 1.98. The van der Waals surface area contributed by atoms with Crippen molar-refractivity contribution in [2.75, 3.05) is 5.32 Å². The standard InChI is InChI=1S/C14H12N4O2/c1-8-2-3-10-11(6-8)17-14(16-10)18-13(20)9-4-5-15-12(19)7-9/h2-7H,1H3,(H,15,19)(H2,16,17,18,20). The minimum atomic E-state index is -0.383. The van der Waals surface area contributed by atoms with E-state index in [1.165, 1.54) is 18.3 Å².